The molecule has 1 saturated heterocycles. The maximum Gasteiger partial charge on any atom is 0.344 e. The molecular weight excluding hydrogens is 638 g/mol. The second kappa shape index (κ2) is 11.1. The fourth-order valence-corrected chi connectivity index (χ4v) is 11.3. The molecule has 4 heterocycles. The van der Waals surface area contributed by atoms with Gasteiger partial charge in [0.15, 0.2) is 6.10 Å². The number of aryl methyl sites for hydroxylation is 1. The standard InChI is InChI=1S/C39H45N3O8/c1-7-36-15-11-18-42-19-17-38(31(36)42)25-20-26(37(34(44)48-5)16-10-13-24-23-12-8-9-14-27(23)40-30(24)37)29(47-4)21-28(25)41(3)32(38)39(46,35(45)49-6)33(36)50-22(2)43/h8-9,11-12,14-15,20-21,31-33,40,46H,7,10,13,16-19H2,1-6H3/t31-,32+,33+,36+,37+,38+,39-/m0/s1. The van der Waals surface area contributed by atoms with Crippen molar-refractivity contribution in [2.24, 2.45) is 5.41 Å². The minimum atomic E-state index is -2.25. The number of carbonyl (C=O) groups is 3. The first kappa shape index (κ1) is 32.8. The van der Waals surface area contributed by atoms with Gasteiger partial charge in [-0.15, -0.1) is 0 Å². The first-order valence-corrected chi connectivity index (χ1v) is 17.5. The Morgan fingerprint density at radius 2 is 1.78 bits per heavy atom. The van der Waals surface area contributed by atoms with E-state index in [0.717, 1.165) is 46.3 Å². The Morgan fingerprint density at radius 1 is 1.02 bits per heavy atom. The molecule has 3 aromatic rings. The summed E-state index contributed by atoms with van der Waals surface area (Å²) in [5.74, 6) is -1.33. The van der Waals surface area contributed by atoms with Crippen LogP contribution in [0.3, 0.4) is 0 Å². The van der Waals surface area contributed by atoms with Crippen molar-refractivity contribution in [3.8, 4) is 5.75 Å². The monoisotopic (exact) mass is 683 g/mol. The van der Waals surface area contributed by atoms with Crippen LogP contribution in [0.25, 0.3) is 10.9 Å². The fourth-order valence-electron chi connectivity index (χ4n) is 11.3. The molecule has 0 unspecified atom stereocenters. The highest BCUT2D eigenvalue weighted by Gasteiger charge is 2.80. The largest absolute Gasteiger partial charge is 0.496 e. The SMILES string of the molecule is CC[C@]12C=CCN3CC[C@@]4(c5cc([C@]6(C(=O)OC)CCCc7c6[nH]c6ccccc76)c(OC)cc5N(C)[C@H]4[C@@](O)(C(=O)OC)[C@@H]1OC(C)=O)[C@@H]32. The van der Waals surface area contributed by atoms with Gasteiger partial charge in [0.2, 0.25) is 5.60 Å². The van der Waals surface area contributed by atoms with Crippen LogP contribution in [-0.4, -0.2) is 98.2 Å². The number of para-hydroxylation sites is 1. The summed E-state index contributed by atoms with van der Waals surface area (Å²) in [6, 6.07) is 11.0. The van der Waals surface area contributed by atoms with Gasteiger partial charge in [-0.1, -0.05) is 37.3 Å². The normalized spacial score (nSPS) is 33.7. The summed E-state index contributed by atoms with van der Waals surface area (Å²) < 4.78 is 23.3. The molecule has 0 bridgehead atoms. The maximum atomic E-state index is 14.4. The number of fused-ring (bicyclic) bond motifs is 4. The second-order valence-corrected chi connectivity index (χ2v) is 14.7. The average molecular weight is 684 g/mol. The first-order valence-electron chi connectivity index (χ1n) is 17.5. The van der Waals surface area contributed by atoms with E-state index in [9.17, 15) is 19.5 Å². The van der Waals surface area contributed by atoms with Crippen LogP contribution in [0.2, 0.25) is 0 Å². The number of ether oxygens (including phenoxy) is 4. The Bertz CT molecular complexity index is 1970. The van der Waals surface area contributed by atoms with E-state index in [2.05, 4.69) is 34.2 Å². The number of aromatic amines is 1. The maximum absolute atomic E-state index is 14.4. The number of benzene rings is 2. The fraction of sp³-hybridized carbons (Fsp3) is 0.513. The molecule has 264 valence electrons. The minimum absolute atomic E-state index is 0.252. The van der Waals surface area contributed by atoms with E-state index in [1.807, 2.05) is 43.1 Å². The van der Waals surface area contributed by atoms with Gasteiger partial charge in [-0.05, 0) is 61.9 Å². The molecule has 1 aromatic heterocycles. The lowest BCUT2D eigenvalue weighted by Crippen LogP contribution is -2.81. The molecule has 11 nitrogen and oxygen atoms in total. The molecule has 3 aliphatic heterocycles. The van der Waals surface area contributed by atoms with E-state index < -0.39 is 45.9 Å². The van der Waals surface area contributed by atoms with Crippen LogP contribution in [-0.2, 0) is 45.8 Å². The highest BCUT2D eigenvalue weighted by molar-refractivity contribution is 5.95. The number of carbonyl (C=O) groups excluding carboxylic acids is 3. The molecule has 11 heteroatoms. The van der Waals surface area contributed by atoms with Gasteiger partial charge < -0.3 is 33.9 Å². The zero-order chi connectivity index (χ0) is 35.4. The van der Waals surface area contributed by atoms with Crippen LogP contribution in [0, 0.1) is 5.41 Å². The number of hydrogen-bond acceptors (Lipinski definition) is 10. The van der Waals surface area contributed by atoms with Crippen molar-refractivity contribution < 1.29 is 38.4 Å². The molecule has 2 N–H and O–H groups in total. The quantitative estimate of drug-likeness (QED) is 0.224. The van der Waals surface area contributed by atoms with Crippen LogP contribution >= 0.6 is 0 Å². The number of aromatic nitrogens is 1. The Morgan fingerprint density at radius 3 is 2.48 bits per heavy atom. The molecule has 2 fully saturated rings. The Labute approximate surface area is 291 Å². The van der Waals surface area contributed by atoms with Crippen molar-refractivity contribution in [2.75, 3.05) is 46.4 Å². The van der Waals surface area contributed by atoms with E-state index in [4.69, 9.17) is 18.9 Å². The molecule has 5 aliphatic rings. The molecule has 1 saturated carbocycles. The number of hydrogen-bond donors (Lipinski definition) is 2. The number of rotatable bonds is 6. The Kier molecular flexibility index (Phi) is 7.27. The minimum Gasteiger partial charge on any atom is -0.496 e. The summed E-state index contributed by atoms with van der Waals surface area (Å²) in [6.45, 7) is 4.69. The summed E-state index contributed by atoms with van der Waals surface area (Å²) in [4.78, 5) is 49.3. The molecular formula is C39H45N3O8. The second-order valence-electron chi connectivity index (χ2n) is 14.7. The molecule has 2 aliphatic carbocycles. The number of methoxy groups -OCH3 is 3. The summed E-state index contributed by atoms with van der Waals surface area (Å²) in [5, 5.41) is 14.2. The summed E-state index contributed by atoms with van der Waals surface area (Å²) >= 11 is 0. The summed E-state index contributed by atoms with van der Waals surface area (Å²) in [6.07, 6.45) is 6.05. The number of anilines is 1. The summed E-state index contributed by atoms with van der Waals surface area (Å²) in [5.41, 5.74) is -0.0225. The van der Waals surface area contributed by atoms with Gasteiger partial charge >= 0.3 is 17.9 Å². The van der Waals surface area contributed by atoms with Crippen molar-refractivity contribution in [1.29, 1.82) is 0 Å². The number of nitrogens with zero attached hydrogens (tertiary/aromatic N) is 2. The molecule has 0 amide bonds. The first-order chi connectivity index (χ1) is 24.0. The van der Waals surface area contributed by atoms with Gasteiger partial charge in [-0.2, -0.15) is 0 Å². The van der Waals surface area contributed by atoms with Crippen molar-refractivity contribution in [1.82, 2.24) is 9.88 Å². The predicted molar refractivity (Wildman–Crippen MR) is 185 cm³/mol. The van der Waals surface area contributed by atoms with E-state index in [0.29, 0.717) is 43.7 Å². The molecule has 7 atom stereocenters. The van der Waals surface area contributed by atoms with Gasteiger partial charge in [0.25, 0.3) is 0 Å². The third-order valence-electron chi connectivity index (χ3n) is 12.9. The average Bonchev–Trinajstić information content (AvgIpc) is 3.79. The number of esters is 3. The third kappa shape index (κ3) is 3.74. The molecule has 1 spiro atoms. The zero-order valence-corrected chi connectivity index (χ0v) is 29.5. The molecule has 50 heavy (non-hydrogen) atoms. The number of nitrogens with one attached hydrogen (secondary N) is 1. The smallest absolute Gasteiger partial charge is 0.344 e. The van der Waals surface area contributed by atoms with Gasteiger partial charge in [0.05, 0.1) is 27.4 Å². The number of likely N-dealkylation sites (N-methyl/N-ethyl adjacent to an activating group) is 1. The van der Waals surface area contributed by atoms with Gasteiger partial charge in [-0.25, -0.2) is 4.79 Å². The number of aliphatic hydroxyl groups is 1. The zero-order valence-electron chi connectivity index (χ0n) is 29.5. The van der Waals surface area contributed by atoms with Crippen molar-refractivity contribution >= 4 is 34.5 Å². The molecule has 8 rings (SSSR count). The van der Waals surface area contributed by atoms with Crippen LogP contribution in [0.1, 0.15) is 61.9 Å². The van der Waals surface area contributed by atoms with Gasteiger partial charge in [-0.3, -0.25) is 14.5 Å². The predicted octanol–water partition coefficient (Wildman–Crippen LogP) is 3.92. The highest BCUT2D eigenvalue weighted by Crippen LogP contribution is 2.68. The van der Waals surface area contributed by atoms with E-state index in [1.54, 1.807) is 7.11 Å². The Hall–Kier alpha value is -4.35. The van der Waals surface area contributed by atoms with Crippen LogP contribution < -0.4 is 9.64 Å². The summed E-state index contributed by atoms with van der Waals surface area (Å²) in [7, 11) is 6.14. The van der Waals surface area contributed by atoms with Gasteiger partial charge in [0, 0.05) is 71.3 Å². The van der Waals surface area contributed by atoms with Crippen LogP contribution in [0.4, 0.5) is 5.69 Å². The lowest BCUT2D eigenvalue weighted by atomic mass is 9.47. The number of H-pyrrole nitrogens is 1. The third-order valence-corrected chi connectivity index (χ3v) is 12.9. The van der Waals surface area contributed by atoms with Crippen molar-refractivity contribution in [3.05, 3.63) is 70.9 Å². The van der Waals surface area contributed by atoms with E-state index in [1.165, 1.54) is 21.1 Å². The van der Waals surface area contributed by atoms with E-state index >= 15 is 0 Å². The van der Waals surface area contributed by atoms with E-state index in [-0.39, 0.29) is 12.0 Å². The van der Waals surface area contributed by atoms with Crippen LogP contribution in [0.5, 0.6) is 5.75 Å². The van der Waals surface area contributed by atoms with Crippen LogP contribution in [0.15, 0.2) is 48.6 Å². The Balaban J connectivity index is 1.45. The van der Waals surface area contributed by atoms with Gasteiger partial charge in [0.1, 0.15) is 11.2 Å². The highest BCUT2D eigenvalue weighted by atomic mass is 16.6. The lowest BCUT2D eigenvalue weighted by molar-refractivity contribution is -0.228. The van der Waals surface area contributed by atoms with Crippen molar-refractivity contribution in [2.45, 2.75) is 80.6 Å². The molecule has 2 aromatic carbocycles. The lowest BCUT2D eigenvalue weighted by Gasteiger charge is -2.63. The topological polar surface area (TPSA) is 131 Å². The molecule has 0 radical (unpaired) electrons. The van der Waals surface area contributed by atoms with Crippen molar-refractivity contribution in [3.63, 3.8) is 0 Å².